The first kappa shape index (κ1) is 10.1. The van der Waals surface area contributed by atoms with Gasteiger partial charge in [-0.1, -0.05) is 11.6 Å². The predicted octanol–water partition coefficient (Wildman–Crippen LogP) is 2.61. The van der Waals surface area contributed by atoms with E-state index in [-0.39, 0.29) is 0 Å². The van der Waals surface area contributed by atoms with Crippen LogP contribution in [0.1, 0.15) is 12.5 Å². The number of halogens is 1. The van der Waals surface area contributed by atoms with Crippen LogP contribution < -0.4 is 4.74 Å². The first-order chi connectivity index (χ1) is 6.13. The maximum atomic E-state index is 10.3. The van der Waals surface area contributed by atoms with Crippen molar-refractivity contribution < 1.29 is 9.53 Å². The van der Waals surface area contributed by atoms with E-state index in [4.69, 9.17) is 16.3 Å². The number of aryl methyl sites for hydroxylation is 1. The zero-order valence-electron chi connectivity index (χ0n) is 7.58. The van der Waals surface area contributed by atoms with Crippen LogP contribution in [0.2, 0.25) is 5.02 Å². The molecule has 70 valence electrons. The smallest absolute Gasteiger partial charge is 0.160 e. The summed E-state index contributed by atoms with van der Waals surface area (Å²) in [6, 6.07) is 5.30. The van der Waals surface area contributed by atoms with E-state index >= 15 is 0 Å². The number of rotatable bonds is 3. The van der Waals surface area contributed by atoms with Crippen molar-refractivity contribution in [2.75, 3.05) is 0 Å². The Hall–Kier alpha value is -1.02. The van der Waals surface area contributed by atoms with E-state index in [0.717, 1.165) is 11.8 Å². The molecule has 0 heterocycles. The van der Waals surface area contributed by atoms with Crippen molar-refractivity contribution in [3.63, 3.8) is 0 Å². The van der Waals surface area contributed by atoms with Gasteiger partial charge in [0, 0.05) is 5.02 Å². The van der Waals surface area contributed by atoms with Gasteiger partial charge in [-0.2, -0.15) is 0 Å². The largest absolute Gasteiger partial charge is 0.483 e. The summed E-state index contributed by atoms with van der Waals surface area (Å²) in [7, 11) is 0. The molecule has 1 aromatic rings. The van der Waals surface area contributed by atoms with Crippen LogP contribution in [0.15, 0.2) is 18.2 Å². The molecule has 0 aromatic heterocycles. The number of carbonyl (C=O) groups excluding carboxylic acids is 1. The molecule has 0 aliphatic rings. The minimum Gasteiger partial charge on any atom is -0.483 e. The number of hydrogen-bond acceptors (Lipinski definition) is 2. The van der Waals surface area contributed by atoms with Crippen LogP contribution in [-0.2, 0) is 4.79 Å². The van der Waals surface area contributed by atoms with E-state index in [2.05, 4.69) is 0 Å². The Morgan fingerprint density at radius 2 is 2.23 bits per heavy atom. The molecule has 1 atom stereocenters. The van der Waals surface area contributed by atoms with Gasteiger partial charge in [0.05, 0.1) is 0 Å². The Kier molecular flexibility index (Phi) is 3.32. The molecule has 1 aromatic carbocycles. The van der Waals surface area contributed by atoms with Crippen LogP contribution in [0, 0.1) is 6.92 Å². The van der Waals surface area contributed by atoms with Crippen LogP contribution in [0.4, 0.5) is 0 Å². The molecule has 0 amide bonds. The highest BCUT2D eigenvalue weighted by Crippen LogP contribution is 2.22. The van der Waals surface area contributed by atoms with E-state index in [1.807, 2.05) is 6.92 Å². The average molecular weight is 199 g/mol. The molecule has 0 spiro atoms. The first-order valence-corrected chi connectivity index (χ1v) is 4.39. The fourth-order valence-electron chi connectivity index (χ4n) is 0.973. The van der Waals surface area contributed by atoms with E-state index in [0.29, 0.717) is 10.8 Å². The van der Waals surface area contributed by atoms with Crippen molar-refractivity contribution in [3.8, 4) is 5.75 Å². The lowest BCUT2D eigenvalue weighted by Gasteiger charge is -2.10. The average Bonchev–Trinajstić information content (AvgIpc) is 2.09. The van der Waals surface area contributed by atoms with Gasteiger partial charge in [0.15, 0.2) is 12.4 Å². The van der Waals surface area contributed by atoms with Crippen molar-refractivity contribution in [2.45, 2.75) is 20.0 Å². The number of hydrogen-bond donors (Lipinski definition) is 0. The van der Waals surface area contributed by atoms with Gasteiger partial charge in [-0.25, -0.2) is 0 Å². The third kappa shape index (κ3) is 2.74. The summed E-state index contributed by atoms with van der Waals surface area (Å²) in [5.41, 5.74) is 0.932. The van der Waals surface area contributed by atoms with E-state index in [1.165, 1.54) is 0 Å². The van der Waals surface area contributed by atoms with Gasteiger partial charge >= 0.3 is 0 Å². The molecule has 13 heavy (non-hydrogen) atoms. The Morgan fingerprint density at radius 3 is 2.77 bits per heavy atom. The Balaban J connectivity index is 2.83. The van der Waals surface area contributed by atoms with Gasteiger partial charge in [-0.3, -0.25) is 4.79 Å². The van der Waals surface area contributed by atoms with Crippen LogP contribution in [0.5, 0.6) is 5.75 Å². The third-order valence-electron chi connectivity index (χ3n) is 1.64. The van der Waals surface area contributed by atoms with Crippen LogP contribution in [0.3, 0.4) is 0 Å². The van der Waals surface area contributed by atoms with Crippen molar-refractivity contribution >= 4 is 17.9 Å². The van der Waals surface area contributed by atoms with Crippen LogP contribution in [-0.4, -0.2) is 12.4 Å². The molecule has 0 unspecified atom stereocenters. The lowest BCUT2D eigenvalue weighted by Crippen LogP contribution is -2.13. The van der Waals surface area contributed by atoms with Gasteiger partial charge in [-0.15, -0.1) is 0 Å². The number of aldehydes is 1. The maximum Gasteiger partial charge on any atom is 0.160 e. The zero-order chi connectivity index (χ0) is 9.84. The summed E-state index contributed by atoms with van der Waals surface area (Å²) in [6.45, 7) is 3.58. The molecule has 0 saturated carbocycles. The molecule has 0 saturated heterocycles. The molecule has 0 radical (unpaired) electrons. The Morgan fingerprint density at radius 1 is 1.54 bits per heavy atom. The van der Waals surface area contributed by atoms with E-state index in [1.54, 1.807) is 25.1 Å². The van der Waals surface area contributed by atoms with E-state index < -0.39 is 6.10 Å². The molecule has 0 bridgehead atoms. The van der Waals surface area contributed by atoms with Crippen molar-refractivity contribution in [1.29, 1.82) is 0 Å². The quantitative estimate of drug-likeness (QED) is 0.698. The molecule has 0 aliphatic heterocycles. The highest BCUT2D eigenvalue weighted by atomic mass is 35.5. The summed E-state index contributed by atoms with van der Waals surface area (Å²) in [4.78, 5) is 10.3. The number of benzene rings is 1. The van der Waals surface area contributed by atoms with Crippen LogP contribution >= 0.6 is 11.6 Å². The number of ether oxygens (including phenoxy) is 1. The molecular weight excluding hydrogens is 188 g/mol. The van der Waals surface area contributed by atoms with Gasteiger partial charge < -0.3 is 4.74 Å². The monoisotopic (exact) mass is 198 g/mol. The van der Waals surface area contributed by atoms with Gasteiger partial charge in [-0.05, 0) is 37.6 Å². The topological polar surface area (TPSA) is 26.3 Å². The fourth-order valence-corrected chi connectivity index (χ4v) is 1.20. The zero-order valence-corrected chi connectivity index (χ0v) is 8.34. The Labute approximate surface area is 82.5 Å². The van der Waals surface area contributed by atoms with Gasteiger partial charge in [0.2, 0.25) is 0 Å². The summed E-state index contributed by atoms with van der Waals surface area (Å²) in [5.74, 6) is 0.698. The first-order valence-electron chi connectivity index (χ1n) is 4.01. The summed E-state index contributed by atoms with van der Waals surface area (Å²) < 4.78 is 5.32. The van der Waals surface area contributed by atoms with Crippen molar-refractivity contribution in [3.05, 3.63) is 28.8 Å². The second kappa shape index (κ2) is 4.28. The maximum absolute atomic E-state index is 10.3. The molecule has 3 heteroatoms. The second-order valence-electron chi connectivity index (χ2n) is 2.87. The van der Waals surface area contributed by atoms with Gasteiger partial charge in [0.1, 0.15) is 5.75 Å². The van der Waals surface area contributed by atoms with Crippen LogP contribution in [0.25, 0.3) is 0 Å². The lowest BCUT2D eigenvalue weighted by atomic mass is 10.2. The van der Waals surface area contributed by atoms with Crippen molar-refractivity contribution in [2.24, 2.45) is 0 Å². The fraction of sp³-hybridized carbons (Fsp3) is 0.300. The standard InChI is InChI=1S/C10H11ClO2/c1-7-5-9(11)3-4-10(7)13-8(2)6-12/h3-6,8H,1-2H3/t8-/m1/s1. The molecular formula is C10H11ClO2. The number of carbonyl (C=O) groups is 1. The predicted molar refractivity (Wildman–Crippen MR) is 52.3 cm³/mol. The Bertz CT molecular complexity index is 310. The summed E-state index contributed by atoms with van der Waals surface area (Å²) in [5, 5.41) is 0.670. The van der Waals surface area contributed by atoms with E-state index in [9.17, 15) is 4.79 Å². The molecule has 1 rings (SSSR count). The SMILES string of the molecule is Cc1cc(Cl)ccc1O[C@H](C)C=O. The van der Waals surface area contributed by atoms with Crippen molar-refractivity contribution in [1.82, 2.24) is 0 Å². The summed E-state index contributed by atoms with van der Waals surface area (Å²) in [6.07, 6.45) is 0.341. The molecule has 0 N–H and O–H groups in total. The third-order valence-corrected chi connectivity index (χ3v) is 1.88. The highest BCUT2D eigenvalue weighted by molar-refractivity contribution is 6.30. The van der Waals surface area contributed by atoms with Gasteiger partial charge in [0.25, 0.3) is 0 Å². The second-order valence-corrected chi connectivity index (χ2v) is 3.31. The highest BCUT2D eigenvalue weighted by Gasteiger charge is 2.04. The molecule has 2 nitrogen and oxygen atoms in total. The minimum atomic E-state index is -0.417. The summed E-state index contributed by atoms with van der Waals surface area (Å²) >= 11 is 5.76. The normalized spacial score (nSPS) is 12.2. The minimum absolute atomic E-state index is 0.417. The molecule has 0 fully saturated rings. The molecule has 0 aliphatic carbocycles. The lowest BCUT2D eigenvalue weighted by molar-refractivity contribution is -0.113.